The van der Waals surface area contributed by atoms with Crippen LogP contribution in [0, 0.1) is 17.3 Å². The monoisotopic (exact) mass is 288 g/mol. The lowest BCUT2D eigenvalue weighted by Crippen LogP contribution is -2.52. The highest BCUT2D eigenvalue weighted by Crippen LogP contribution is 2.55. The van der Waals surface area contributed by atoms with Crippen LogP contribution in [-0.4, -0.2) is 33.9 Å². The van der Waals surface area contributed by atoms with Gasteiger partial charge >= 0.3 is 5.97 Å². The minimum Gasteiger partial charge on any atom is -0.469 e. The van der Waals surface area contributed by atoms with Gasteiger partial charge in [-0.1, -0.05) is 6.08 Å². The Balaban J connectivity index is 2.24. The molecule has 3 aliphatic carbocycles. The topological polar surface area (TPSA) is 69.7 Å². The molecule has 0 aliphatic heterocycles. The molecule has 0 spiro atoms. The van der Waals surface area contributed by atoms with E-state index in [-0.39, 0.29) is 23.9 Å². The molecule has 0 aromatic heterocycles. The SMILES string of the molecule is C=C[C@@]12CC[C@@H](C[C@@H]1C(=O)OC)[C@H](OS(C)(=O)=O)C2. The van der Waals surface area contributed by atoms with Crippen molar-refractivity contribution >= 4 is 16.1 Å². The third-order valence-electron chi connectivity index (χ3n) is 4.51. The molecule has 5 nitrogen and oxygen atoms in total. The maximum Gasteiger partial charge on any atom is 0.309 e. The van der Waals surface area contributed by atoms with Gasteiger partial charge in [-0.15, -0.1) is 6.58 Å². The highest BCUT2D eigenvalue weighted by Gasteiger charge is 2.54. The van der Waals surface area contributed by atoms with Crippen LogP contribution in [0.1, 0.15) is 25.7 Å². The van der Waals surface area contributed by atoms with Crippen molar-refractivity contribution in [2.24, 2.45) is 17.3 Å². The number of carbonyl (C=O) groups excluding carboxylic acids is 1. The number of ether oxygens (including phenoxy) is 1. The molecule has 0 unspecified atom stereocenters. The molecule has 3 fully saturated rings. The fourth-order valence-electron chi connectivity index (χ4n) is 3.54. The van der Waals surface area contributed by atoms with Gasteiger partial charge in [0, 0.05) is 5.41 Å². The molecule has 3 rings (SSSR count). The summed E-state index contributed by atoms with van der Waals surface area (Å²) in [5.41, 5.74) is -0.392. The van der Waals surface area contributed by atoms with Crippen molar-refractivity contribution < 1.29 is 22.1 Å². The third kappa shape index (κ3) is 2.69. The zero-order valence-electron chi connectivity index (χ0n) is 11.3. The van der Waals surface area contributed by atoms with E-state index >= 15 is 0 Å². The van der Waals surface area contributed by atoms with Crippen LogP contribution in [0.2, 0.25) is 0 Å². The number of esters is 1. The standard InChI is InChI=1S/C13H20O5S/c1-4-13-6-5-9(7-10(13)12(14)17-2)11(8-13)18-19(3,15)16/h4,9-11H,1,5-8H2,2-3H3/t9-,10+,11+,13-/m0/s1. The van der Waals surface area contributed by atoms with Crippen LogP contribution in [0.15, 0.2) is 12.7 Å². The van der Waals surface area contributed by atoms with Crippen LogP contribution >= 0.6 is 0 Å². The molecule has 108 valence electrons. The summed E-state index contributed by atoms with van der Waals surface area (Å²) in [7, 11) is -2.09. The first-order valence-corrected chi connectivity index (χ1v) is 8.22. The van der Waals surface area contributed by atoms with Crippen molar-refractivity contribution in [3.05, 3.63) is 12.7 Å². The van der Waals surface area contributed by atoms with Gasteiger partial charge in [0.25, 0.3) is 10.1 Å². The fourth-order valence-corrected chi connectivity index (χ4v) is 4.22. The van der Waals surface area contributed by atoms with Crippen molar-refractivity contribution in [3.63, 3.8) is 0 Å². The summed E-state index contributed by atoms with van der Waals surface area (Å²) in [6.45, 7) is 3.84. The summed E-state index contributed by atoms with van der Waals surface area (Å²) < 4.78 is 32.6. The summed E-state index contributed by atoms with van der Waals surface area (Å²) >= 11 is 0. The van der Waals surface area contributed by atoms with Crippen molar-refractivity contribution in [2.75, 3.05) is 13.4 Å². The lowest BCUT2D eigenvalue weighted by atomic mass is 9.54. The lowest BCUT2D eigenvalue weighted by molar-refractivity contribution is -0.159. The largest absolute Gasteiger partial charge is 0.469 e. The van der Waals surface area contributed by atoms with Gasteiger partial charge in [-0.2, -0.15) is 8.42 Å². The molecule has 0 radical (unpaired) electrons. The van der Waals surface area contributed by atoms with Crippen molar-refractivity contribution in [1.82, 2.24) is 0 Å². The molecule has 4 atom stereocenters. The molecular weight excluding hydrogens is 268 g/mol. The van der Waals surface area contributed by atoms with E-state index in [9.17, 15) is 13.2 Å². The Bertz CT molecular complexity index is 483. The Morgan fingerprint density at radius 2 is 2.16 bits per heavy atom. The summed E-state index contributed by atoms with van der Waals surface area (Å²) in [4.78, 5) is 11.9. The van der Waals surface area contributed by atoms with E-state index in [0.29, 0.717) is 12.8 Å². The molecule has 19 heavy (non-hydrogen) atoms. The first-order valence-electron chi connectivity index (χ1n) is 6.41. The zero-order valence-corrected chi connectivity index (χ0v) is 12.1. The summed E-state index contributed by atoms with van der Waals surface area (Å²) in [6, 6.07) is 0. The number of methoxy groups -OCH3 is 1. The van der Waals surface area contributed by atoms with E-state index in [2.05, 4.69) is 6.58 Å². The normalized spacial score (nSPS) is 37.9. The zero-order chi connectivity index (χ0) is 14.3. The van der Waals surface area contributed by atoms with Crippen molar-refractivity contribution in [3.8, 4) is 0 Å². The minimum atomic E-state index is -3.47. The number of rotatable bonds is 4. The Hall–Kier alpha value is -0.880. The Morgan fingerprint density at radius 3 is 2.68 bits per heavy atom. The Kier molecular flexibility index (Phi) is 3.75. The van der Waals surface area contributed by atoms with Gasteiger partial charge in [-0.05, 0) is 31.6 Å². The second kappa shape index (κ2) is 4.90. The first-order chi connectivity index (χ1) is 8.81. The van der Waals surface area contributed by atoms with Crippen LogP contribution in [0.5, 0.6) is 0 Å². The van der Waals surface area contributed by atoms with Gasteiger partial charge in [0.2, 0.25) is 0 Å². The van der Waals surface area contributed by atoms with E-state index in [1.54, 1.807) is 6.08 Å². The number of fused-ring (bicyclic) bond motifs is 3. The van der Waals surface area contributed by atoms with Crippen molar-refractivity contribution in [2.45, 2.75) is 31.8 Å². The predicted molar refractivity (Wildman–Crippen MR) is 69.8 cm³/mol. The molecule has 0 heterocycles. The molecule has 0 aromatic carbocycles. The smallest absolute Gasteiger partial charge is 0.309 e. The third-order valence-corrected chi connectivity index (χ3v) is 5.11. The maximum absolute atomic E-state index is 11.9. The van der Waals surface area contributed by atoms with E-state index < -0.39 is 15.5 Å². The van der Waals surface area contributed by atoms with E-state index in [1.165, 1.54) is 7.11 Å². The van der Waals surface area contributed by atoms with Gasteiger partial charge in [-0.25, -0.2) is 0 Å². The second-order valence-electron chi connectivity index (χ2n) is 5.59. The first kappa shape index (κ1) is 14.5. The molecule has 0 N–H and O–H groups in total. The quantitative estimate of drug-likeness (QED) is 0.445. The highest BCUT2D eigenvalue weighted by atomic mass is 32.2. The average molecular weight is 288 g/mol. The van der Waals surface area contributed by atoms with E-state index in [0.717, 1.165) is 19.1 Å². The fraction of sp³-hybridized carbons (Fsp3) is 0.769. The number of hydrogen-bond acceptors (Lipinski definition) is 5. The highest BCUT2D eigenvalue weighted by molar-refractivity contribution is 7.86. The van der Waals surface area contributed by atoms with Crippen LogP contribution in [0.3, 0.4) is 0 Å². The van der Waals surface area contributed by atoms with Crippen LogP contribution in [0.25, 0.3) is 0 Å². The number of hydrogen-bond donors (Lipinski definition) is 0. The molecule has 3 saturated carbocycles. The van der Waals surface area contributed by atoms with Gasteiger partial charge in [-0.3, -0.25) is 8.98 Å². The van der Waals surface area contributed by atoms with Gasteiger partial charge in [0.05, 0.1) is 25.4 Å². The van der Waals surface area contributed by atoms with Crippen LogP contribution in [0.4, 0.5) is 0 Å². The number of allylic oxidation sites excluding steroid dienone is 1. The Labute approximate surface area is 114 Å². The predicted octanol–water partition coefficient (Wildman–Crippen LogP) is 1.50. The molecule has 2 bridgehead atoms. The maximum atomic E-state index is 11.9. The van der Waals surface area contributed by atoms with Gasteiger partial charge < -0.3 is 4.74 Å². The lowest BCUT2D eigenvalue weighted by Gasteiger charge is -2.52. The second-order valence-corrected chi connectivity index (χ2v) is 7.19. The summed E-state index contributed by atoms with van der Waals surface area (Å²) in [6.07, 6.45) is 5.33. The molecule has 0 aromatic rings. The Morgan fingerprint density at radius 1 is 1.47 bits per heavy atom. The molecule has 0 amide bonds. The van der Waals surface area contributed by atoms with Gasteiger partial charge in [0.1, 0.15) is 0 Å². The van der Waals surface area contributed by atoms with Gasteiger partial charge in [0.15, 0.2) is 0 Å². The minimum absolute atomic E-state index is 0.0978. The molecule has 6 heteroatoms. The average Bonchev–Trinajstić information content (AvgIpc) is 2.36. The van der Waals surface area contributed by atoms with Crippen LogP contribution < -0.4 is 0 Å². The number of carbonyl (C=O) groups is 1. The molecule has 3 aliphatic rings. The van der Waals surface area contributed by atoms with Crippen molar-refractivity contribution in [1.29, 1.82) is 0 Å². The molecule has 0 saturated heterocycles. The summed E-state index contributed by atoms with van der Waals surface area (Å²) in [5.74, 6) is -0.365. The van der Waals surface area contributed by atoms with E-state index in [1.807, 2.05) is 0 Å². The summed E-state index contributed by atoms with van der Waals surface area (Å²) in [5, 5.41) is 0. The molecular formula is C13H20O5S. The van der Waals surface area contributed by atoms with E-state index in [4.69, 9.17) is 8.92 Å². The van der Waals surface area contributed by atoms with Crippen LogP contribution in [-0.2, 0) is 23.8 Å².